The van der Waals surface area contributed by atoms with E-state index in [1.165, 1.54) is 6.92 Å². The maximum atomic E-state index is 12.3. The summed E-state index contributed by atoms with van der Waals surface area (Å²) in [5, 5.41) is 2.78. The summed E-state index contributed by atoms with van der Waals surface area (Å²) >= 11 is 3.28. The van der Waals surface area contributed by atoms with Gasteiger partial charge in [0, 0.05) is 15.8 Å². The van der Waals surface area contributed by atoms with Gasteiger partial charge in [-0.05, 0) is 56.2 Å². The second kappa shape index (κ2) is 7.49. The molecule has 0 saturated heterocycles. The van der Waals surface area contributed by atoms with Gasteiger partial charge in [0.15, 0.2) is 6.10 Å². The number of rotatable bonds is 4. The maximum absolute atomic E-state index is 12.3. The van der Waals surface area contributed by atoms with E-state index >= 15 is 0 Å². The number of hydrogen-bond acceptors (Lipinski definition) is 4. The topological polar surface area (TPSA) is 81.4 Å². The molecule has 0 aliphatic heterocycles. The normalized spacial score (nSPS) is 11.7. The molecule has 1 atom stereocenters. The molecule has 0 aliphatic rings. The van der Waals surface area contributed by atoms with Crippen LogP contribution in [0, 0.1) is 13.8 Å². The molecule has 24 heavy (non-hydrogen) atoms. The molecule has 2 aromatic carbocycles. The first-order chi connectivity index (χ1) is 11.3. The third-order valence-electron chi connectivity index (χ3n) is 3.54. The molecule has 0 saturated carbocycles. The zero-order valence-corrected chi connectivity index (χ0v) is 15.3. The molecular weight excluding hydrogens is 372 g/mol. The first-order valence-electron chi connectivity index (χ1n) is 7.42. The Balaban J connectivity index is 2.07. The third-order valence-corrected chi connectivity index (χ3v) is 4.03. The van der Waals surface area contributed by atoms with Gasteiger partial charge >= 0.3 is 5.97 Å². The van der Waals surface area contributed by atoms with Crippen molar-refractivity contribution in [1.82, 2.24) is 0 Å². The van der Waals surface area contributed by atoms with Gasteiger partial charge in [0.2, 0.25) is 0 Å². The van der Waals surface area contributed by atoms with Gasteiger partial charge in [-0.25, -0.2) is 4.79 Å². The molecule has 3 N–H and O–H groups in total. The summed E-state index contributed by atoms with van der Waals surface area (Å²) in [5.41, 5.74) is 8.96. The molecule has 0 unspecified atom stereocenters. The lowest BCUT2D eigenvalue weighted by atomic mass is 10.1. The molecule has 0 bridgehead atoms. The van der Waals surface area contributed by atoms with Crippen molar-refractivity contribution < 1.29 is 14.3 Å². The third kappa shape index (κ3) is 4.35. The van der Waals surface area contributed by atoms with Crippen molar-refractivity contribution in [2.45, 2.75) is 26.9 Å². The Bertz CT molecular complexity index is 790. The van der Waals surface area contributed by atoms with Crippen molar-refractivity contribution in [3.63, 3.8) is 0 Å². The number of aryl methyl sites for hydroxylation is 2. The van der Waals surface area contributed by atoms with Crippen LogP contribution in [0.4, 0.5) is 11.4 Å². The van der Waals surface area contributed by atoms with Crippen molar-refractivity contribution in [3.8, 4) is 0 Å². The standard InChI is InChI=1S/C18H19BrN2O3/c1-10-4-5-11(2)16(8-10)21-17(22)12(3)24-18(23)14-9-13(19)6-7-15(14)20/h4-9,12H,20H2,1-3H3,(H,21,22)/t12-/m1/s1. The minimum absolute atomic E-state index is 0.218. The molecular formula is C18H19BrN2O3. The van der Waals surface area contributed by atoms with Crippen LogP contribution in [0.15, 0.2) is 40.9 Å². The van der Waals surface area contributed by atoms with Crippen LogP contribution in [-0.2, 0) is 9.53 Å². The molecule has 126 valence electrons. The van der Waals surface area contributed by atoms with Crippen LogP contribution >= 0.6 is 15.9 Å². The van der Waals surface area contributed by atoms with E-state index in [4.69, 9.17) is 10.5 Å². The van der Waals surface area contributed by atoms with Crippen molar-refractivity contribution in [1.29, 1.82) is 0 Å². The second-order valence-electron chi connectivity index (χ2n) is 5.59. The average molecular weight is 391 g/mol. The lowest BCUT2D eigenvalue weighted by Crippen LogP contribution is -2.30. The molecule has 1 amide bonds. The van der Waals surface area contributed by atoms with E-state index in [0.29, 0.717) is 15.8 Å². The summed E-state index contributed by atoms with van der Waals surface area (Å²) in [5.74, 6) is -1.04. The molecule has 6 heteroatoms. The number of ether oxygens (including phenoxy) is 1. The molecule has 0 radical (unpaired) electrons. The fourth-order valence-corrected chi connectivity index (χ4v) is 2.45. The van der Waals surface area contributed by atoms with Crippen LogP contribution < -0.4 is 11.1 Å². The Morgan fingerprint density at radius 3 is 2.58 bits per heavy atom. The molecule has 0 aromatic heterocycles. The number of hydrogen-bond donors (Lipinski definition) is 2. The zero-order valence-electron chi connectivity index (χ0n) is 13.7. The Morgan fingerprint density at radius 2 is 1.88 bits per heavy atom. The number of halogens is 1. The van der Waals surface area contributed by atoms with Gasteiger partial charge in [-0.1, -0.05) is 28.1 Å². The predicted molar refractivity (Wildman–Crippen MR) is 98.0 cm³/mol. The quantitative estimate of drug-likeness (QED) is 0.613. The number of esters is 1. The largest absolute Gasteiger partial charge is 0.449 e. The van der Waals surface area contributed by atoms with Gasteiger partial charge in [-0.2, -0.15) is 0 Å². The van der Waals surface area contributed by atoms with Crippen molar-refractivity contribution >= 4 is 39.2 Å². The van der Waals surface area contributed by atoms with Crippen LogP contribution in [0.2, 0.25) is 0 Å². The molecule has 0 aliphatic carbocycles. The first-order valence-corrected chi connectivity index (χ1v) is 8.21. The first kappa shape index (κ1) is 18.0. The van der Waals surface area contributed by atoms with E-state index in [0.717, 1.165) is 11.1 Å². The van der Waals surface area contributed by atoms with Crippen LogP contribution in [0.1, 0.15) is 28.4 Å². The summed E-state index contributed by atoms with van der Waals surface area (Å²) in [6.07, 6.45) is -0.948. The average Bonchev–Trinajstić information content (AvgIpc) is 2.53. The van der Waals surface area contributed by atoms with Gasteiger partial charge in [0.05, 0.1) is 5.56 Å². The number of benzene rings is 2. The number of nitrogens with two attached hydrogens (primary N) is 1. The number of carbonyl (C=O) groups excluding carboxylic acids is 2. The number of carbonyl (C=O) groups is 2. The van der Waals surface area contributed by atoms with Gasteiger partial charge in [0.25, 0.3) is 5.91 Å². The minimum atomic E-state index is -0.948. The summed E-state index contributed by atoms with van der Waals surface area (Å²) in [4.78, 5) is 24.5. The highest BCUT2D eigenvalue weighted by molar-refractivity contribution is 9.10. The van der Waals surface area contributed by atoms with Crippen molar-refractivity contribution in [2.75, 3.05) is 11.1 Å². The monoisotopic (exact) mass is 390 g/mol. The molecule has 0 spiro atoms. The fourth-order valence-electron chi connectivity index (χ4n) is 2.09. The smallest absolute Gasteiger partial charge is 0.341 e. The predicted octanol–water partition coefficient (Wildman–Crippen LogP) is 3.83. The van der Waals surface area contributed by atoms with E-state index in [-0.39, 0.29) is 5.56 Å². The second-order valence-corrected chi connectivity index (χ2v) is 6.50. The summed E-state index contributed by atoms with van der Waals surface area (Å²) in [6, 6.07) is 10.6. The molecule has 5 nitrogen and oxygen atoms in total. The number of anilines is 2. The molecule has 0 fully saturated rings. The zero-order chi connectivity index (χ0) is 17.9. The summed E-state index contributed by atoms with van der Waals surface area (Å²) < 4.78 is 5.93. The highest BCUT2D eigenvalue weighted by atomic mass is 79.9. The highest BCUT2D eigenvalue weighted by Crippen LogP contribution is 2.20. The Morgan fingerprint density at radius 1 is 1.17 bits per heavy atom. The van der Waals surface area contributed by atoms with Crippen LogP contribution in [-0.4, -0.2) is 18.0 Å². The summed E-state index contributed by atoms with van der Waals surface area (Å²) in [6.45, 7) is 5.36. The van der Waals surface area contributed by atoms with E-state index in [9.17, 15) is 9.59 Å². The highest BCUT2D eigenvalue weighted by Gasteiger charge is 2.21. The van der Waals surface area contributed by atoms with Crippen molar-refractivity contribution in [3.05, 3.63) is 57.6 Å². The van der Waals surface area contributed by atoms with E-state index < -0.39 is 18.0 Å². The molecule has 2 aromatic rings. The summed E-state index contributed by atoms with van der Waals surface area (Å²) in [7, 11) is 0. The minimum Gasteiger partial charge on any atom is -0.449 e. The van der Waals surface area contributed by atoms with Gasteiger partial charge in [-0.3, -0.25) is 4.79 Å². The number of nitrogen functional groups attached to an aromatic ring is 1. The number of nitrogens with one attached hydrogen (secondary N) is 1. The van der Waals surface area contributed by atoms with Crippen LogP contribution in [0.3, 0.4) is 0 Å². The van der Waals surface area contributed by atoms with Crippen LogP contribution in [0.5, 0.6) is 0 Å². The SMILES string of the molecule is Cc1ccc(C)c(NC(=O)[C@@H](C)OC(=O)c2cc(Br)ccc2N)c1. The molecule has 2 rings (SSSR count). The lowest BCUT2D eigenvalue weighted by Gasteiger charge is -2.15. The Hall–Kier alpha value is -2.34. The molecule has 0 heterocycles. The van der Waals surface area contributed by atoms with Gasteiger partial charge < -0.3 is 15.8 Å². The van der Waals surface area contributed by atoms with Gasteiger partial charge in [0.1, 0.15) is 0 Å². The fraction of sp³-hybridized carbons (Fsp3) is 0.222. The van der Waals surface area contributed by atoms with E-state index in [1.54, 1.807) is 18.2 Å². The Kier molecular flexibility index (Phi) is 5.62. The number of amides is 1. The maximum Gasteiger partial charge on any atom is 0.341 e. The lowest BCUT2D eigenvalue weighted by molar-refractivity contribution is -0.123. The van der Waals surface area contributed by atoms with Crippen molar-refractivity contribution in [2.24, 2.45) is 0 Å². The van der Waals surface area contributed by atoms with E-state index in [2.05, 4.69) is 21.2 Å². The van der Waals surface area contributed by atoms with Gasteiger partial charge in [-0.15, -0.1) is 0 Å². The van der Waals surface area contributed by atoms with E-state index in [1.807, 2.05) is 32.0 Å². The Labute approximate surface area is 149 Å². The van der Waals surface area contributed by atoms with Crippen LogP contribution in [0.25, 0.3) is 0 Å².